The Morgan fingerprint density at radius 1 is 1.39 bits per heavy atom. The SMILES string of the molecule is Cc1ncn2ncc(OCc3c(F)ccc([N+](=O)[O-])c3F)cc12. The molecule has 0 radical (unpaired) electrons. The van der Waals surface area contributed by atoms with Crippen LogP contribution < -0.4 is 4.74 Å². The zero-order valence-electron chi connectivity index (χ0n) is 11.9. The molecule has 0 saturated heterocycles. The van der Waals surface area contributed by atoms with E-state index in [9.17, 15) is 18.9 Å². The molecule has 3 aromatic rings. The molecule has 0 spiro atoms. The van der Waals surface area contributed by atoms with Crippen LogP contribution in [0.5, 0.6) is 5.75 Å². The first-order valence-corrected chi connectivity index (χ1v) is 6.51. The summed E-state index contributed by atoms with van der Waals surface area (Å²) in [5.41, 5.74) is 0.0904. The lowest BCUT2D eigenvalue weighted by atomic mass is 10.2. The molecule has 0 aliphatic heterocycles. The van der Waals surface area contributed by atoms with Crippen molar-refractivity contribution in [3.05, 3.63) is 63.7 Å². The first-order valence-electron chi connectivity index (χ1n) is 6.51. The number of benzene rings is 1. The van der Waals surface area contributed by atoms with Gasteiger partial charge in [-0.3, -0.25) is 10.1 Å². The number of nitro groups is 1. The number of hydrogen-bond acceptors (Lipinski definition) is 5. The van der Waals surface area contributed by atoms with Crippen LogP contribution in [0.1, 0.15) is 11.3 Å². The average Bonchev–Trinajstić information content (AvgIpc) is 2.88. The van der Waals surface area contributed by atoms with Crippen LogP contribution in [-0.4, -0.2) is 19.5 Å². The van der Waals surface area contributed by atoms with Crippen molar-refractivity contribution in [3.63, 3.8) is 0 Å². The number of nitrogens with zero attached hydrogens (tertiary/aromatic N) is 4. The predicted molar refractivity (Wildman–Crippen MR) is 75.1 cm³/mol. The second-order valence-electron chi connectivity index (χ2n) is 4.76. The van der Waals surface area contributed by atoms with Crippen LogP contribution in [0.25, 0.3) is 5.52 Å². The molecule has 0 aliphatic carbocycles. The van der Waals surface area contributed by atoms with Gasteiger partial charge in [0.15, 0.2) is 0 Å². The Morgan fingerprint density at radius 2 is 2.17 bits per heavy atom. The van der Waals surface area contributed by atoms with Crippen LogP contribution in [0.15, 0.2) is 30.7 Å². The molecule has 0 unspecified atom stereocenters. The number of rotatable bonds is 4. The van der Waals surface area contributed by atoms with E-state index in [0.29, 0.717) is 5.52 Å². The van der Waals surface area contributed by atoms with Crippen molar-refractivity contribution in [2.75, 3.05) is 0 Å². The molecule has 0 bridgehead atoms. The summed E-state index contributed by atoms with van der Waals surface area (Å²) >= 11 is 0. The van der Waals surface area contributed by atoms with Crippen LogP contribution in [0.2, 0.25) is 0 Å². The summed E-state index contributed by atoms with van der Waals surface area (Å²) < 4.78 is 34.5. The topological polar surface area (TPSA) is 82.6 Å². The molecule has 0 aliphatic rings. The fraction of sp³-hybridized carbons (Fsp3) is 0.143. The van der Waals surface area contributed by atoms with E-state index in [2.05, 4.69) is 10.1 Å². The van der Waals surface area contributed by atoms with Crippen LogP contribution in [0.3, 0.4) is 0 Å². The van der Waals surface area contributed by atoms with E-state index in [1.54, 1.807) is 13.0 Å². The fourth-order valence-corrected chi connectivity index (χ4v) is 2.08. The molecule has 23 heavy (non-hydrogen) atoms. The first-order chi connectivity index (χ1) is 11.0. The molecule has 2 heterocycles. The maximum absolute atomic E-state index is 14.0. The number of nitro benzene ring substituents is 1. The number of ether oxygens (including phenoxy) is 1. The van der Waals surface area contributed by atoms with Gasteiger partial charge in [0.05, 0.1) is 27.9 Å². The lowest BCUT2D eigenvalue weighted by Crippen LogP contribution is -2.05. The van der Waals surface area contributed by atoms with Gasteiger partial charge in [-0.15, -0.1) is 0 Å². The Kier molecular flexibility index (Phi) is 3.61. The zero-order chi connectivity index (χ0) is 16.6. The third kappa shape index (κ3) is 2.68. The molecule has 0 atom stereocenters. The number of aryl methyl sites for hydroxylation is 1. The van der Waals surface area contributed by atoms with Gasteiger partial charge in [-0.25, -0.2) is 13.9 Å². The zero-order valence-corrected chi connectivity index (χ0v) is 11.9. The largest absolute Gasteiger partial charge is 0.487 e. The number of halogens is 2. The maximum atomic E-state index is 14.0. The molecule has 1 aromatic carbocycles. The molecule has 9 heteroatoms. The number of hydrogen-bond donors (Lipinski definition) is 0. The molecule has 0 amide bonds. The lowest BCUT2D eigenvalue weighted by molar-refractivity contribution is -0.387. The predicted octanol–water partition coefficient (Wildman–Crippen LogP) is 2.80. The van der Waals surface area contributed by atoms with E-state index in [1.807, 2.05) is 0 Å². The fourth-order valence-electron chi connectivity index (χ4n) is 2.08. The minimum Gasteiger partial charge on any atom is -0.487 e. The second kappa shape index (κ2) is 5.59. The van der Waals surface area contributed by atoms with Gasteiger partial charge < -0.3 is 4.74 Å². The Bertz CT molecular complexity index is 910. The van der Waals surface area contributed by atoms with Gasteiger partial charge in [-0.1, -0.05) is 0 Å². The highest BCUT2D eigenvalue weighted by Gasteiger charge is 2.21. The quantitative estimate of drug-likeness (QED) is 0.545. The summed E-state index contributed by atoms with van der Waals surface area (Å²) in [5.74, 6) is -1.89. The molecule has 118 valence electrons. The van der Waals surface area contributed by atoms with Crippen molar-refractivity contribution in [3.8, 4) is 5.75 Å². The van der Waals surface area contributed by atoms with Crippen molar-refractivity contribution in [2.24, 2.45) is 0 Å². The Hall–Kier alpha value is -3.10. The number of fused-ring (bicyclic) bond motifs is 1. The average molecular weight is 320 g/mol. The van der Waals surface area contributed by atoms with E-state index >= 15 is 0 Å². The smallest absolute Gasteiger partial charge is 0.305 e. The van der Waals surface area contributed by atoms with E-state index in [0.717, 1.165) is 17.8 Å². The Labute approximate surface area is 128 Å². The third-order valence-corrected chi connectivity index (χ3v) is 3.31. The second-order valence-corrected chi connectivity index (χ2v) is 4.76. The third-order valence-electron chi connectivity index (χ3n) is 3.31. The van der Waals surface area contributed by atoms with Crippen molar-refractivity contribution >= 4 is 11.2 Å². The van der Waals surface area contributed by atoms with Crippen molar-refractivity contribution < 1.29 is 18.4 Å². The van der Waals surface area contributed by atoms with E-state index < -0.39 is 34.4 Å². The van der Waals surface area contributed by atoms with Crippen molar-refractivity contribution in [1.82, 2.24) is 14.6 Å². The van der Waals surface area contributed by atoms with E-state index in [4.69, 9.17) is 4.74 Å². The van der Waals surface area contributed by atoms with Gasteiger partial charge in [0, 0.05) is 12.1 Å². The van der Waals surface area contributed by atoms with Gasteiger partial charge in [-0.05, 0) is 13.0 Å². The summed E-state index contributed by atoms with van der Waals surface area (Å²) in [6, 6.07) is 3.22. The van der Waals surface area contributed by atoms with E-state index in [-0.39, 0.29) is 5.75 Å². The number of aromatic nitrogens is 3. The molecule has 0 N–H and O–H groups in total. The monoisotopic (exact) mass is 320 g/mol. The van der Waals surface area contributed by atoms with Crippen molar-refractivity contribution in [1.29, 1.82) is 0 Å². The standard InChI is InChI=1S/C14H10F2N4O3/c1-8-13-4-9(5-18-19(13)7-17-8)23-6-10-11(15)2-3-12(14(10)16)20(21)22/h2-5,7H,6H2,1H3. The van der Waals surface area contributed by atoms with Crippen LogP contribution in [0.4, 0.5) is 14.5 Å². The summed E-state index contributed by atoms with van der Waals surface area (Å²) in [6.45, 7) is 1.28. The Balaban J connectivity index is 1.88. The van der Waals surface area contributed by atoms with E-state index in [1.165, 1.54) is 17.0 Å². The molecular formula is C14H10F2N4O3. The lowest BCUT2D eigenvalue weighted by Gasteiger charge is -2.08. The normalized spacial score (nSPS) is 10.9. The highest BCUT2D eigenvalue weighted by atomic mass is 19.1. The van der Waals surface area contributed by atoms with Gasteiger partial charge in [0.1, 0.15) is 24.5 Å². The molecule has 7 nitrogen and oxygen atoms in total. The molecular weight excluding hydrogens is 310 g/mol. The van der Waals surface area contributed by atoms with Gasteiger partial charge in [-0.2, -0.15) is 9.49 Å². The molecule has 0 saturated carbocycles. The highest BCUT2D eigenvalue weighted by Crippen LogP contribution is 2.24. The Morgan fingerprint density at radius 3 is 2.91 bits per heavy atom. The van der Waals surface area contributed by atoms with Gasteiger partial charge in [0.25, 0.3) is 0 Å². The minimum atomic E-state index is -1.25. The van der Waals surface area contributed by atoms with Gasteiger partial charge >= 0.3 is 5.69 Å². The summed E-state index contributed by atoms with van der Waals surface area (Å²) in [5, 5.41) is 14.7. The van der Waals surface area contributed by atoms with Crippen molar-refractivity contribution in [2.45, 2.75) is 13.5 Å². The summed E-state index contributed by atoms with van der Waals surface area (Å²) in [4.78, 5) is 13.8. The van der Waals surface area contributed by atoms with Gasteiger partial charge in [0.2, 0.25) is 5.82 Å². The minimum absolute atomic E-state index is 0.270. The molecule has 2 aromatic heterocycles. The molecule has 0 fully saturated rings. The van der Waals surface area contributed by atoms with Crippen LogP contribution in [-0.2, 0) is 6.61 Å². The van der Waals surface area contributed by atoms with Crippen LogP contribution >= 0.6 is 0 Å². The van der Waals surface area contributed by atoms with Crippen LogP contribution in [0, 0.1) is 28.7 Å². The number of imidazole rings is 1. The molecule has 3 rings (SSSR count). The maximum Gasteiger partial charge on any atom is 0.305 e. The first kappa shape index (κ1) is 14.8. The summed E-state index contributed by atoms with van der Waals surface area (Å²) in [6.07, 6.45) is 2.88. The highest BCUT2D eigenvalue weighted by molar-refractivity contribution is 5.53. The summed E-state index contributed by atoms with van der Waals surface area (Å²) in [7, 11) is 0.